The Morgan fingerprint density at radius 3 is 2.71 bits per heavy atom. The van der Waals surface area contributed by atoms with Gasteiger partial charge in [0.25, 0.3) is 0 Å². The van der Waals surface area contributed by atoms with Crippen molar-refractivity contribution in [1.29, 1.82) is 0 Å². The third kappa shape index (κ3) is 4.00. The van der Waals surface area contributed by atoms with Crippen molar-refractivity contribution in [3.63, 3.8) is 0 Å². The topological polar surface area (TPSA) is 32.3 Å². The van der Waals surface area contributed by atoms with Crippen molar-refractivity contribution in [3.05, 3.63) is 0 Å². The smallest absolute Gasteiger partial charge is 0.210 e. The highest BCUT2D eigenvalue weighted by atomic mass is 127. The molecule has 42 valence electrons. The average Bonchev–Trinajstić information content (AvgIpc) is 1.68. The molecular formula is C3H7IN2O. The van der Waals surface area contributed by atoms with Gasteiger partial charge in [-0.3, -0.25) is 4.79 Å². The molecule has 0 fully saturated rings. The number of hydrogen-bond acceptors (Lipinski definition) is 2. The third-order valence-corrected chi connectivity index (χ3v) is 0.830. The van der Waals surface area contributed by atoms with Gasteiger partial charge in [0.2, 0.25) is 6.41 Å². The van der Waals surface area contributed by atoms with Crippen LogP contribution in [0.1, 0.15) is 0 Å². The van der Waals surface area contributed by atoms with Crippen molar-refractivity contribution in [2.45, 2.75) is 0 Å². The minimum Gasteiger partial charge on any atom is -0.335 e. The molecule has 0 aromatic rings. The van der Waals surface area contributed by atoms with Gasteiger partial charge < -0.3 is 4.90 Å². The van der Waals surface area contributed by atoms with E-state index in [2.05, 4.69) is 3.53 Å². The molecule has 4 heteroatoms. The summed E-state index contributed by atoms with van der Waals surface area (Å²) in [5, 5.41) is 0. The van der Waals surface area contributed by atoms with Crippen LogP contribution in [-0.4, -0.2) is 25.0 Å². The minimum atomic E-state index is 0.601. The van der Waals surface area contributed by atoms with Crippen LogP contribution < -0.4 is 3.53 Å². The van der Waals surface area contributed by atoms with Crippen LogP contribution in [0.4, 0.5) is 0 Å². The van der Waals surface area contributed by atoms with Gasteiger partial charge in [0, 0.05) is 29.9 Å². The van der Waals surface area contributed by atoms with Crippen molar-refractivity contribution < 1.29 is 4.79 Å². The lowest BCUT2D eigenvalue weighted by molar-refractivity contribution is -0.117. The van der Waals surface area contributed by atoms with Crippen molar-refractivity contribution >= 4 is 29.3 Å². The molecule has 1 N–H and O–H groups in total. The predicted octanol–water partition coefficient (Wildman–Crippen LogP) is -0.0283. The second-order valence-electron chi connectivity index (χ2n) is 1.15. The number of nitrogens with one attached hydrogen (secondary N) is 1. The Morgan fingerprint density at radius 1 is 2.00 bits per heavy atom. The summed E-state index contributed by atoms with van der Waals surface area (Å²) in [6.07, 6.45) is 0.770. The highest BCUT2D eigenvalue weighted by Crippen LogP contribution is 1.71. The molecule has 0 atom stereocenters. The van der Waals surface area contributed by atoms with Crippen molar-refractivity contribution in [2.75, 3.05) is 13.7 Å². The van der Waals surface area contributed by atoms with E-state index in [1.165, 1.54) is 4.90 Å². The number of halogens is 1. The fourth-order valence-corrected chi connectivity index (χ4v) is 0.670. The maximum Gasteiger partial charge on any atom is 0.210 e. The summed E-state index contributed by atoms with van der Waals surface area (Å²) in [6.45, 7) is 0.601. The van der Waals surface area contributed by atoms with Crippen LogP contribution >= 0.6 is 22.9 Å². The van der Waals surface area contributed by atoms with Gasteiger partial charge in [-0.25, -0.2) is 3.53 Å². The van der Waals surface area contributed by atoms with Gasteiger partial charge >= 0.3 is 0 Å². The fourth-order valence-electron chi connectivity index (χ4n) is 0.132. The molecule has 3 nitrogen and oxygen atoms in total. The average molecular weight is 214 g/mol. The zero-order valence-electron chi connectivity index (χ0n) is 4.02. The molecule has 0 bridgehead atoms. The molecule has 0 aromatic heterocycles. The molecule has 7 heavy (non-hydrogen) atoms. The molecule has 0 aliphatic carbocycles. The van der Waals surface area contributed by atoms with Gasteiger partial charge in [0.05, 0.1) is 6.67 Å². The summed E-state index contributed by atoms with van der Waals surface area (Å²) in [6, 6.07) is 0. The Hall–Kier alpha value is 0.160. The quantitative estimate of drug-likeness (QED) is 0.309. The van der Waals surface area contributed by atoms with Crippen LogP contribution in [-0.2, 0) is 4.79 Å². The van der Waals surface area contributed by atoms with E-state index in [0.717, 1.165) is 6.41 Å². The highest BCUT2D eigenvalue weighted by molar-refractivity contribution is 14.1. The summed E-state index contributed by atoms with van der Waals surface area (Å²) in [5.41, 5.74) is 0. The number of carbonyl (C=O) groups excluding carboxylic acids is 1. The second kappa shape index (κ2) is 4.32. The van der Waals surface area contributed by atoms with E-state index < -0.39 is 0 Å². The molecular weight excluding hydrogens is 207 g/mol. The van der Waals surface area contributed by atoms with Crippen LogP contribution in [0, 0.1) is 0 Å². The fraction of sp³-hybridized carbons (Fsp3) is 0.667. The van der Waals surface area contributed by atoms with Crippen LogP contribution in [0.2, 0.25) is 0 Å². The van der Waals surface area contributed by atoms with E-state index in [1.807, 2.05) is 22.9 Å². The normalized spacial score (nSPS) is 8.29. The Balaban J connectivity index is 2.98. The van der Waals surface area contributed by atoms with Gasteiger partial charge in [-0.2, -0.15) is 0 Å². The second-order valence-corrected chi connectivity index (χ2v) is 1.92. The molecule has 0 spiro atoms. The minimum absolute atomic E-state index is 0.601. The molecule has 0 saturated heterocycles. The van der Waals surface area contributed by atoms with Gasteiger partial charge in [-0.1, -0.05) is 0 Å². The van der Waals surface area contributed by atoms with Crippen molar-refractivity contribution in [2.24, 2.45) is 0 Å². The summed E-state index contributed by atoms with van der Waals surface area (Å²) in [5.74, 6) is 0. The zero-order valence-corrected chi connectivity index (χ0v) is 6.18. The van der Waals surface area contributed by atoms with E-state index in [0.29, 0.717) is 6.67 Å². The summed E-state index contributed by atoms with van der Waals surface area (Å²) < 4.78 is 2.78. The molecule has 0 heterocycles. The van der Waals surface area contributed by atoms with E-state index in [1.54, 1.807) is 7.05 Å². The zero-order chi connectivity index (χ0) is 5.70. The molecule has 0 aromatic carbocycles. The first-order chi connectivity index (χ1) is 3.31. The molecule has 0 aliphatic heterocycles. The lowest BCUT2D eigenvalue weighted by atomic mass is 10.9. The molecule has 0 aliphatic rings. The monoisotopic (exact) mass is 214 g/mol. The van der Waals surface area contributed by atoms with Crippen LogP contribution in [0.25, 0.3) is 0 Å². The first-order valence-electron chi connectivity index (χ1n) is 1.80. The maximum atomic E-state index is 9.78. The first kappa shape index (κ1) is 7.16. The van der Waals surface area contributed by atoms with Gasteiger partial charge in [-0.15, -0.1) is 0 Å². The van der Waals surface area contributed by atoms with Crippen LogP contribution in [0.15, 0.2) is 0 Å². The van der Waals surface area contributed by atoms with E-state index in [-0.39, 0.29) is 0 Å². The third-order valence-electron chi connectivity index (χ3n) is 0.489. The lowest BCUT2D eigenvalue weighted by Crippen LogP contribution is -2.23. The summed E-state index contributed by atoms with van der Waals surface area (Å²) >= 11 is 1.98. The number of hydrogen-bond donors (Lipinski definition) is 1. The van der Waals surface area contributed by atoms with E-state index in [4.69, 9.17) is 0 Å². The number of amides is 1. The Morgan fingerprint density at radius 2 is 2.57 bits per heavy atom. The highest BCUT2D eigenvalue weighted by Gasteiger charge is 1.84. The molecule has 0 unspecified atom stereocenters. The van der Waals surface area contributed by atoms with Gasteiger partial charge in [0.15, 0.2) is 0 Å². The number of nitrogens with zero attached hydrogens (tertiary/aromatic N) is 1. The molecule has 0 saturated carbocycles. The van der Waals surface area contributed by atoms with E-state index in [9.17, 15) is 4.79 Å². The Bertz CT molecular complexity index is 58.9. The largest absolute Gasteiger partial charge is 0.335 e. The Labute approximate surface area is 56.6 Å². The molecule has 0 rings (SSSR count). The van der Waals surface area contributed by atoms with Crippen molar-refractivity contribution in [1.82, 2.24) is 8.43 Å². The van der Waals surface area contributed by atoms with Gasteiger partial charge in [0.1, 0.15) is 0 Å². The summed E-state index contributed by atoms with van der Waals surface area (Å²) in [7, 11) is 1.71. The predicted molar refractivity (Wildman–Crippen MR) is 35.8 cm³/mol. The number of rotatable bonds is 3. The molecule has 0 radical (unpaired) electrons. The maximum absolute atomic E-state index is 9.78. The van der Waals surface area contributed by atoms with Crippen LogP contribution in [0.3, 0.4) is 0 Å². The van der Waals surface area contributed by atoms with Gasteiger partial charge in [-0.05, 0) is 0 Å². The SMILES string of the molecule is CN(C=O)CNI. The Kier molecular flexibility index (Phi) is 4.42. The number of carbonyl (C=O) groups is 1. The van der Waals surface area contributed by atoms with E-state index >= 15 is 0 Å². The molecule has 1 amide bonds. The first-order valence-corrected chi connectivity index (χ1v) is 2.88. The lowest BCUT2D eigenvalue weighted by Gasteiger charge is -2.05. The van der Waals surface area contributed by atoms with Crippen molar-refractivity contribution in [3.8, 4) is 0 Å². The van der Waals surface area contributed by atoms with Crippen LogP contribution in [0.5, 0.6) is 0 Å². The summed E-state index contributed by atoms with van der Waals surface area (Å²) in [4.78, 5) is 11.3. The standard InChI is InChI=1S/C3H7IN2O/c1-6(3-7)2-5-4/h3,5H,2H2,1H3.